The van der Waals surface area contributed by atoms with Gasteiger partial charge < -0.3 is 10.6 Å². The van der Waals surface area contributed by atoms with Gasteiger partial charge in [-0.15, -0.1) is 0 Å². The molecule has 0 amide bonds. The highest BCUT2D eigenvalue weighted by Crippen LogP contribution is 2.11. The van der Waals surface area contributed by atoms with Gasteiger partial charge in [0.15, 0.2) is 0 Å². The minimum atomic E-state index is 0.591. The minimum absolute atomic E-state index is 0.591. The molecule has 0 spiro atoms. The van der Waals surface area contributed by atoms with Gasteiger partial charge >= 0.3 is 0 Å². The summed E-state index contributed by atoms with van der Waals surface area (Å²) in [5.41, 5.74) is 5.97. The molecule has 1 unspecified atom stereocenters. The van der Waals surface area contributed by atoms with Gasteiger partial charge in [-0.2, -0.15) is 0 Å². The topological polar surface area (TPSA) is 32.5 Å². The molecule has 0 aromatic rings. The van der Waals surface area contributed by atoms with Gasteiger partial charge in [-0.1, -0.05) is 46.0 Å². The molecule has 1 atom stereocenters. The molecule has 0 saturated carbocycles. The van der Waals surface area contributed by atoms with E-state index in [4.69, 9.17) is 5.73 Å². The summed E-state index contributed by atoms with van der Waals surface area (Å²) in [4.78, 5) is 4.83. The molecule has 3 heteroatoms. The average molecular weight is 271 g/mol. The lowest BCUT2D eigenvalue weighted by molar-refractivity contribution is 0.188. The van der Waals surface area contributed by atoms with Crippen molar-refractivity contribution < 1.29 is 0 Å². The number of nitrogens with two attached hydrogens (primary N) is 1. The first-order chi connectivity index (χ1) is 9.15. The molecule has 0 bridgehead atoms. The Labute approximate surface area is 121 Å². The van der Waals surface area contributed by atoms with E-state index in [1.54, 1.807) is 0 Å². The second-order valence-electron chi connectivity index (χ2n) is 5.88. The molecule has 0 radical (unpaired) electrons. The van der Waals surface area contributed by atoms with Crippen molar-refractivity contribution in [2.24, 2.45) is 5.73 Å². The smallest absolute Gasteiger partial charge is 0.0218 e. The molecule has 0 rings (SSSR count). The first kappa shape index (κ1) is 18.9. The van der Waals surface area contributed by atoms with Crippen LogP contribution in [-0.4, -0.2) is 56.1 Å². The zero-order valence-electron chi connectivity index (χ0n) is 13.8. The van der Waals surface area contributed by atoms with E-state index < -0.39 is 0 Å². The number of hydrogen-bond acceptors (Lipinski definition) is 3. The van der Waals surface area contributed by atoms with Crippen LogP contribution in [0.15, 0.2) is 0 Å². The Balaban J connectivity index is 3.86. The Morgan fingerprint density at radius 1 is 0.895 bits per heavy atom. The fourth-order valence-electron chi connectivity index (χ4n) is 2.62. The normalized spacial score (nSPS) is 13.4. The largest absolute Gasteiger partial charge is 0.329 e. The molecule has 0 aliphatic heterocycles. The van der Waals surface area contributed by atoms with Gasteiger partial charge in [0.1, 0.15) is 0 Å². The molecule has 0 aromatic carbocycles. The van der Waals surface area contributed by atoms with E-state index in [1.165, 1.54) is 58.0 Å². The molecule has 0 aliphatic rings. The molecule has 0 saturated heterocycles. The van der Waals surface area contributed by atoms with Crippen LogP contribution in [0.25, 0.3) is 0 Å². The lowest BCUT2D eigenvalue weighted by atomic mass is 10.0. The summed E-state index contributed by atoms with van der Waals surface area (Å²) in [6.45, 7) is 8.82. The summed E-state index contributed by atoms with van der Waals surface area (Å²) in [5, 5.41) is 0. The van der Waals surface area contributed by atoms with Crippen molar-refractivity contribution in [3.05, 3.63) is 0 Å². The van der Waals surface area contributed by atoms with Gasteiger partial charge in [0, 0.05) is 12.6 Å². The van der Waals surface area contributed by atoms with Crippen LogP contribution in [0, 0.1) is 0 Å². The third kappa shape index (κ3) is 10.3. The third-order valence-corrected chi connectivity index (χ3v) is 3.89. The standard InChI is InChI=1S/C16H37N3/c1-5-7-8-9-10-12-16(15-17)19(6-2)14-11-13-18(3)4/h16H,5-15,17H2,1-4H3. The summed E-state index contributed by atoms with van der Waals surface area (Å²) in [6, 6.07) is 0.591. The first-order valence-electron chi connectivity index (χ1n) is 8.24. The van der Waals surface area contributed by atoms with Crippen molar-refractivity contribution in [1.29, 1.82) is 0 Å². The van der Waals surface area contributed by atoms with E-state index in [1.807, 2.05) is 0 Å². The van der Waals surface area contributed by atoms with Gasteiger partial charge in [0.25, 0.3) is 0 Å². The summed E-state index contributed by atoms with van der Waals surface area (Å²) >= 11 is 0. The first-order valence-corrected chi connectivity index (χ1v) is 8.24. The van der Waals surface area contributed by atoms with E-state index in [2.05, 4.69) is 37.7 Å². The van der Waals surface area contributed by atoms with E-state index >= 15 is 0 Å². The quantitative estimate of drug-likeness (QED) is 0.523. The fraction of sp³-hybridized carbons (Fsp3) is 1.00. The predicted molar refractivity (Wildman–Crippen MR) is 86.6 cm³/mol. The number of nitrogens with zero attached hydrogens (tertiary/aromatic N) is 2. The van der Waals surface area contributed by atoms with Crippen molar-refractivity contribution >= 4 is 0 Å². The van der Waals surface area contributed by atoms with Crippen molar-refractivity contribution in [3.63, 3.8) is 0 Å². The Bertz CT molecular complexity index is 183. The highest BCUT2D eigenvalue weighted by Gasteiger charge is 2.14. The van der Waals surface area contributed by atoms with Crippen LogP contribution >= 0.6 is 0 Å². The van der Waals surface area contributed by atoms with Crippen molar-refractivity contribution in [3.8, 4) is 0 Å². The SMILES string of the molecule is CCCCCCCC(CN)N(CC)CCCN(C)C. The third-order valence-electron chi connectivity index (χ3n) is 3.89. The van der Waals surface area contributed by atoms with Gasteiger partial charge in [-0.25, -0.2) is 0 Å². The number of rotatable bonds is 13. The maximum Gasteiger partial charge on any atom is 0.0218 e. The van der Waals surface area contributed by atoms with Crippen molar-refractivity contribution in [1.82, 2.24) is 9.80 Å². The predicted octanol–water partition coefficient (Wildman–Crippen LogP) is 2.95. The van der Waals surface area contributed by atoms with E-state index in [0.717, 1.165) is 13.1 Å². The molecular formula is C16H37N3. The second-order valence-corrected chi connectivity index (χ2v) is 5.88. The summed E-state index contributed by atoms with van der Waals surface area (Å²) in [7, 11) is 4.29. The maximum atomic E-state index is 5.97. The zero-order chi connectivity index (χ0) is 14.5. The highest BCUT2D eigenvalue weighted by molar-refractivity contribution is 4.72. The molecule has 0 aliphatic carbocycles. The Morgan fingerprint density at radius 2 is 1.58 bits per heavy atom. The number of likely N-dealkylation sites (N-methyl/N-ethyl adjacent to an activating group) is 1. The van der Waals surface area contributed by atoms with Crippen LogP contribution in [0.4, 0.5) is 0 Å². The van der Waals surface area contributed by atoms with Crippen LogP contribution in [0.2, 0.25) is 0 Å². The van der Waals surface area contributed by atoms with Gasteiger partial charge in [-0.3, -0.25) is 4.90 Å². The van der Waals surface area contributed by atoms with E-state index in [9.17, 15) is 0 Å². The molecule has 0 fully saturated rings. The molecule has 116 valence electrons. The molecular weight excluding hydrogens is 234 g/mol. The molecule has 0 aromatic heterocycles. The Morgan fingerprint density at radius 3 is 2.11 bits per heavy atom. The zero-order valence-corrected chi connectivity index (χ0v) is 13.8. The number of hydrogen-bond donors (Lipinski definition) is 1. The Hall–Kier alpha value is -0.120. The molecule has 19 heavy (non-hydrogen) atoms. The van der Waals surface area contributed by atoms with Gasteiger partial charge in [0.2, 0.25) is 0 Å². The van der Waals surface area contributed by atoms with Crippen molar-refractivity contribution in [2.45, 2.75) is 64.8 Å². The van der Waals surface area contributed by atoms with Crippen LogP contribution in [0.5, 0.6) is 0 Å². The number of unbranched alkanes of at least 4 members (excludes halogenated alkanes) is 4. The van der Waals surface area contributed by atoms with Gasteiger partial charge in [-0.05, 0) is 46.6 Å². The minimum Gasteiger partial charge on any atom is -0.329 e. The second kappa shape index (κ2) is 12.9. The van der Waals surface area contributed by atoms with Crippen molar-refractivity contribution in [2.75, 3.05) is 40.3 Å². The van der Waals surface area contributed by atoms with Crippen LogP contribution in [0.1, 0.15) is 58.8 Å². The maximum absolute atomic E-state index is 5.97. The monoisotopic (exact) mass is 271 g/mol. The molecule has 2 N–H and O–H groups in total. The summed E-state index contributed by atoms with van der Waals surface area (Å²) in [6.07, 6.45) is 9.33. The summed E-state index contributed by atoms with van der Waals surface area (Å²) in [5.74, 6) is 0. The molecule has 3 nitrogen and oxygen atoms in total. The van der Waals surface area contributed by atoms with Gasteiger partial charge in [0.05, 0.1) is 0 Å². The fourth-order valence-corrected chi connectivity index (χ4v) is 2.62. The lowest BCUT2D eigenvalue weighted by Gasteiger charge is -2.30. The lowest BCUT2D eigenvalue weighted by Crippen LogP contribution is -2.41. The van der Waals surface area contributed by atoms with Crippen LogP contribution < -0.4 is 5.73 Å². The van der Waals surface area contributed by atoms with Crippen LogP contribution in [-0.2, 0) is 0 Å². The van der Waals surface area contributed by atoms with E-state index in [0.29, 0.717) is 6.04 Å². The molecule has 0 heterocycles. The average Bonchev–Trinajstić information content (AvgIpc) is 2.39. The highest BCUT2D eigenvalue weighted by atomic mass is 15.2. The summed E-state index contributed by atoms with van der Waals surface area (Å²) < 4.78 is 0. The van der Waals surface area contributed by atoms with Crippen LogP contribution in [0.3, 0.4) is 0 Å². The van der Waals surface area contributed by atoms with E-state index in [-0.39, 0.29) is 0 Å². The Kier molecular flexibility index (Phi) is 12.8.